The average Bonchev–Trinajstić information content (AvgIpc) is 3.16. The Balaban J connectivity index is 1.20. The molecule has 0 unspecified atom stereocenters. The van der Waals surface area contributed by atoms with Crippen LogP contribution in [0.15, 0.2) is 42.7 Å². The first-order chi connectivity index (χ1) is 14.6. The summed E-state index contributed by atoms with van der Waals surface area (Å²) in [4.78, 5) is 22.1. The van der Waals surface area contributed by atoms with Gasteiger partial charge in [-0.1, -0.05) is 12.1 Å². The van der Waals surface area contributed by atoms with Gasteiger partial charge in [0.15, 0.2) is 0 Å². The van der Waals surface area contributed by atoms with E-state index in [1.807, 2.05) is 12.3 Å². The molecule has 0 spiro atoms. The maximum atomic E-state index is 12.3. The Hall–Kier alpha value is -3.53. The quantitative estimate of drug-likeness (QED) is 0.610. The number of nitriles is 1. The van der Waals surface area contributed by atoms with Crippen LogP contribution in [0.5, 0.6) is 0 Å². The summed E-state index contributed by atoms with van der Waals surface area (Å²) in [6.07, 6.45) is 6.16. The fourth-order valence-corrected chi connectivity index (χ4v) is 3.95. The molecule has 1 aliphatic rings. The van der Waals surface area contributed by atoms with Gasteiger partial charge < -0.3 is 20.5 Å². The zero-order chi connectivity index (χ0) is 20.9. The van der Waals surface area contributed by atoms with Crippen LogP contribution in [-0.4, -0.2) is 41.7 Å². The second-order valence-electron chi connectivity index (χ2n) is 7.79. The van der Waals surface area contributed by atoms with Crippen molar-refractivity contribution in [2.75, 3.05) is 24.5 Å². The molecule has 4 rings (SSSR count). The molecule has 2 amide bonds. The first kappa shape index (κ1) is 19.8. The number of aromatic amines is 1. The van der Waals surface area contributed by atoms with Gasteiger partial charge in [-0.15, -0.1) is 0 Å². The van der Waals surface area contributed by atoms with Crippen LogP contribution in [0, 0.1) is 18.3 Å². The van der Waals surface area contributed by atoms with E-state index in [9.17, 15) is 4.79 Å². The second-order valence-corrected chi connectivity index (χ2v) is 7.79. The summed E-state index contributed by atoms with van der Waals surface area (Å²) in [5.74, 6) is 0.880. The molecule has 1 aliphatic heterocycles. The number of nitrogens with zero attached hydrogens (tertiary/aromatic N) is 3. The van der Waals surface area contributed by atoms with Crippen molar-refractivity contribution in [1.29, 1.82) is 5.26 Å². The molecule has 3 aromatic rings. The van der Waals surface area contributed by atoms with Crippen molar-refractivity contribution in [3.8, 4) is 6.07 Å². The molecule has 30 heavy (non-hydrogen) atoms. The number of aromatic nitrogens is 2. The lowest BCUT2D eigenvalue weighted by Crippen LogP contribution is -2.48. The lowest BCUT2D eigenvalue weighted by Gasteiger charge is -2.33. The number of urea groups is 1. The predicted molar refractivity (Wildman–Crippen MR) is 117 cm³/mol. The molecule has 154 valence electrons. The molecule has 7 heteroatoms. The van der Waals surface area contributed by atoms with Crippen molar-refractivity contribution in [2.24, 2.45) is 0 Å². The van der Waals surface area contributed by atoms with E-state index in [-0.39, 0.29) is 12.1 Å². The molecular formula is C23H26N6O. The van der Waals surface area contributed by atoms with E-state index in [1.54, 1.807) is 12.3 Å². The highest BCUT2D eigenvalue weighted by atomic mass is 16.2. The number of aryl methyl sites for hydroxylation is 1. The van der Waals surface area contributed by atoms with E-state index in [0.717, 1.165) is 43.7 Å². The molecule has 0 aliphatic carbocycles. The lowest BCUT2D eigenvalue weighted by atomic mass is 10.1. The number of rotatable bonds is 5. The third kappa shape index (κ3) is 4.54. The molecular weight excluding hydrogens is 376 g/mol. The third-order valence-electron chi connectivity index (χ3n) is 5.63. The number of fused-ring (bicyclic) bond motifs is 1. The van der Waals surface area contributed by atoms with Crippen molar-refractivity contribution in [3.05, 3.63) is 59.4 Å². The number of anilines is 1. The number of amides is 2. The average molecular weight is 403 g/mol. The second kappa shape index (κ2) is 8.87. The monoisotopic (exact) mass is 402 g/mol. The van der Waals surface area contributed by atoms with Gasteiger partial charge in [-0.05, 0) is 55.5 Å². The molecule has 0 bridgehead atoms. The zero-order valence-corrected chi connectivity index (χ0v) is 17.1. The highest BCUT2D eigenvalue weighted by Gasteiger charge is 2.21. The first-order valence-corrected chi connectivity index (χ1v) is 10.3. The fourth-order valence-electron chi connectivity index (χ4n) is 3.95. The number of hydrogen-bond donors (Lipinski definition) is 3. The van der Waals surface area contributed by atoms with Crippen LogP contribution < -0.4 is 15.5 Å². The maximum absolute atomic E-state index is 12.3. The number of H-pyrrole nitrogens is 1. The van der Waals surface area contributed by atoms with Crippen LogP contribution in [-0.2, 0) is 6.42 Å². The zero-order valence-electron chi connectivity index (χ0n) is 17.1. The Bertz CT molecular complexity index is 1060. The van der Waals surface area contributed by atoms with E-state index in [4.69, 9.17) is 5.26 Å². The van der Waals surface area contributed by atoms with Gasteiger partial charge in [-0.2, -0.15) is 5.26 Å². The van der Waals surface area contributed by atoms with Crippen molar-refractivity contribution < 1.29 is 4.79 Å². The van der Waals surface area contributed by atoms with Crippen molar-refractivity contribution in [3.63, 3.8) is 0 Å². The van der Waals surface area contributed by atoms with Gasteiger partial charge in [0.25, 0.3) is 0 Å². The summed E-state index contributed by atoms with van der Waals surface area (Å²) < 4.78 is 0. The number of pyridine rings is 1. The summed E-state index contributed by atoms with van der Waals surface area (Å²) in [6.45, 7) is 4.34. The Morgan fingerprint density at radius 1 is 1.30 bits per heavy atom. The minimum absolute atomic E-state index is 0.111. The normalized spacial score (nSPS) is 14.5. The number of piperidine rings is 1. The molecule has 1 aromatic carbocycles. The molecule has 3 heterocycles. The lowest BCUT2D eigenvalue weighted by molar-refractivity contribution is 0.234. The van der Waals surface area contributed by atoms with Gasteiger partial charge in [0, 0.05) is 49.0 Å². The van der Waals surface area contributed by atoms with Gasteiger partial charge in [-0.3, -0.25) is 0 Å². The first-order valence-electron chi connectivity index (χ1n) is 10.3. The van der Waals surface area contributed by atoms with Crippen LogP contribution in [0.3, 0.4) is 0 Å². The Labute approximate surface area is 176 Å². The maximum Gasteiger partial charge on any atom is 0.315 e. The molecule has 0 saturated carbocycles. The van der Waals surface area contributed by atoms with E-state index >= 15 is 0 Å². The summed E-state index contributed by atoms with van der Waals surface area (Å²) in [7, 11) is 0. The van der Waals surface area contributed by atoms with E-state index in [1.165, 1.54) is 16.5 Å². The Morgan fingerprint density at radius 2 is 2.13 bits per heavy atom. The molecule has 1 saturated heterocycles. The summed E-state index contributed by atoms with van der Waals surface area (Å²) in [5.41, 5.74) is 4.15. The summed E-state index contributed by atoms with van der Waals surface area (Å²) in [6, 6.07) is 12.2. The minimum Gasteiger partial charge on any atom is -0.361 e. The largest absolute Gasteiger partial charge is 0.361 e. The molecule has 7 nitrogen and oxygen atoms in total. The predicted octanol–water partition coefficient (Wildman–Crippen LogP) is 3.25. The minimum atomic E-state index is -0.111. The standard InChI is InChI=1S/C23H26N6O/c1-16-2-4-20-18(15-26-21(20)12-16)6-9-25-23(30)28-19-7-10-29(11-8-19)22-5-3-17(13-24)14-27-22/h2-5,12,14-15,19,26H,6-11H2,1H3,(H2,25,28,30). The highest BCUT2D eigenvalue weighted by molar-refractivity contribution is 5.84. The number of benzene rings is 1. The molecule has 0 atom stereocenters. The molecule has 2 aromatic heterocycles. The topological polar surface area (TPSA) is 96.8 Å². The van der Waals surface area contributed by atoms with Crippen LogP contribution in [0.25, 0.3) is 10.9 Å². The van der Waals surface area contributed by atoms with Crippen molar-refractivity contribution >= 4 is 22.8 Å². The Kier molecular flexibility index (Phi) is 5.84. The van der Waals surface area contributed by atoms with Gasteiger partial charge in [0.2, 0.25) is 0 Å². The number of hydrogen-bond acceptors (Lipinski definition) is 4. The van der Waals surface area contributed by atoms with Gasteiger partial charge >= 0.3 is 6.03 Å². The van der Waals surface area contributed by atoms with Crippen molar-refractivity contribution in [2.45, 2.75) is 32.2 Å². The molecule has 0 radical (unpaired) electrons. The summed E-state index contributed by atoms with van der Waals surface area (Å²) >= 11 is 0. The van der Waals surface area contributed by atoms with Crippen LogP contribution in [0.1, 0.15) is 29.5 Å². The molecule has 3 N–H and O–H groups in total. The van der Waals surface area contributed by atoms with Gasteiger partial charge in [0.05, 0.1) is 5.56 Å². The van der Waals surface area contributed by atoms with Gasteiger partial charge in [-0.25, -0.2) is 9.78 Å². The smallest absolute Gasteiger partial charge is 0.315 e. The van der Waals surface area contributed by atoms with Crippen LogP contribution >= 0.6 is 0 Å². The van der Waals surface area contributed by atoms with E-state index < -0.39 is 0 Å². The third-order valence-corrected chi connectivity index (χ3v) is 5.63. The number of nitrogens with one attached hydrogen (secondary N) is 3. The SMILES string of the molecule is Cc1ccc2c(CCNC(=O)NC3CCN(c4ccc(C#N)cn4)CC3)c[nH]c2c1. The number of carbonyl (C=O) groups excluding carboxylic acids is 1. The Morgan fingerprint density at radius 3 is 2.87 bits per heavy atom. The fraction of sp³-hybridized carbons (Fsp3) is 0.348. The van der Waals surface area contributed by atoms with E-state index in [2.05, 4.69) is 56.7 Å². The number of carbonyl (C=O) groups is 1. The summed E-state index contributed by atoms with van der Waals surface area (Å²) in [5, 5.41) is 16.2. The molecule has 1 fully saturated rings. The van der Waals surface area contributed by atoms with E-state index in [0.29, 0.717) is 12.1 Å². The van der Waals surface area contributed by atoms with Gasteiger partial charge in [0.1, 0.15) is 11.9 Å². The highest BCUT2D eigenvalue weighted by Crippen LogP contribution is 2.20. The van der Waals surface area contributed by atoms with Crippen LogP contribution in [0.4, 0.5) is 10.6 Å². The van der Waals surface area contributed by atoms with Crippen LogP contribution in [0.2, 0.25) is 0 Å². The van der Waals surface area contributed by atoms with Crippen molar-refractivity contribution in [1.82, 2.24) is 20.6 Å².